The van der Waals surface area contributed by atoms with Crippen molar-refractivity contribution >= 4 is 28.8 Å². The summed E-state index contributed by atoms with van der Waals surface area (Å²) in [6.07, 6.45) is 4.38. The molecule has 0 aliphatic carbocycles. The van der Waals surface area contributed by atoms with E-state index < -0.39 is 17.9 Å². The van der Waals surface area contributed by atoms with Gasteiger partial charge in [0.1, 0.15) is 29.0 Å². The number of aromatic hydroxyl groups is 1. The molecule has 13 heteroatoms. The first kappa shape index (κ1) is 34.9. The molecule has 2 aromatic heterocycles. The molecule has 1 aliphatic heterocycles. The Hall–Kier alpha value is -5.97. The van der Waals surface area contributed by atoms with Crippen LogP contribution in [0.25, 0.3) is 17.0 Å². The fourth-order valence-electron chi connectivity index (χ4n) is 6.07. The minimum Gasteiger partial charge on any atom is -0.508 e. The number of phenols is 1. The summed E-state index contributed by atoms with van der Waals surface area (Å²) in [5, 5.41) is 35.2. The second kappa shape index (κ2) is 16.6. The van der Waals surface area contributed by atoms with Crippen LogP contribution in [0.15, 0.2) is 84.6 Å². The quantitative estimate of drug-likeness (QED) is 0.101. The van der Waals surface area contributed by atoms with Crippen molar-refractivity contribution in [3.8, 4) is 17.6 Å². The normalized spacial score (nSPS) is 14.2. The number of morpholine rings is 1. The first-order chi connectivity index (χ1) is 24.9. The molecule has 0 spiro atoms. The van der Waals surface area contributed by atoms with E-state index in [9.17, 15) is 20.0 Å². The number of amides is 2. The first-order valence-corrected chi connectivity index (χ1v) is 16.8. The van der Waals surface area contributed by atoms with Crippen LogP contribution < -0.4 is 15.4 Å². The summed E-state index contributed by atoms with van der Waals surface area (Å²) in [6, 6.07) is 23.1. The summed E-state index contributed by atoms with van der Waals surface area (Å²) in [5.41, 5.74) is 3.35. The van der Waals surface area contributed by atoms with E-state index >= 15 is 0 Å². The highest BCUT2D eigenvalue weighted by Gasteiger charge is 2.26. The number of aromatic nitrogens is 4. The molecule has 5 aromatic rings. The fourth-order valence-corrected chi connectivity index (χ4v) is 6.07. The van der Waals surface area contributed by atoms with Crippen LogP contribution in [-0.4, -0.2) is 88.1 Å². The maximum Gasteiger partial charge on any atom is 0.262 e. The van der Waals surface area contributed by atoms with E-state index in [-0.39, 0.29) is 17.9 Å². The zero-order chi connectivity index (χ0) is 35.6. The summed E-state index contributed by atoms with van der Waals surface area (Å²) >= 11 is 0. The predicted octanol–water partition coefficient (Wildman–Crippen LogP) is 3.52. The molecule has 1 fully saturated rings. The molecule has 0 radical (unpaired) electrons. The summed E-state index contributed by atoms with van der Waals surface area (Å²) < 4.78 is 13.0. The van der Waals surface area contributed by atoms with Gasteiger partial charge in [-0.1, -0.05) is 42.5 Å². The van der Waals surface area contributed by atoms with Crippen LogP contribution in [-0.2, 0) is 33.7 Å². The number of carbonyl (C=O) groups excluding carboxylic acids is 2. The smallest absolute Gasteiger partial charge is 0.262 e. The SMILES string of the molecule is COc1ccc(Cn2c(CCN3CCOCC3)nnc2[C@@H](Cc2c[nH]c3ccccc23)NC(=O)CNC(=O)/C(C#N)=C/c2ccc(O)cc2)cc1. The maximum atomic E-state index is 13.6. The molecule has 262 valence electrons. The van der Waals surface area contributed by atoms with Gasteiger partial charge >= 0.3 is 0 Å². The maximum absolute atomic E-state index is 13.6. The third-order valence-electron chi connectivity index (χ3n) is 8.84. The number of nitrogens with zero attached hydrogens (tertiary/aromatic N) is 5. The van der Waals surface area contributed by atoms with E-state index in [2.05, 4.69) is 35.3 Å². The largest absolute Gasteiger partial charge is 0.508 e. The number of phenolic OH excluding ortho intramolecular Hbond substituents is 1. The van der Waals surface area contributed by atoms with Crippen molar-refractivity contribution in [2.24, 2.45) is 0 Å². The van der Waals surface area contributed by atoms with Crippen molar-refractivity contribution in [1.82, 2.24) is 35.3 Å². The number of fused-ring (bicyclic) bond motifs is 1. The Kier molecular flexibility index (Phi) is 11.4. The third-order valence-corrected chi connectivity index (χ3v) is 8.84. The lowest BCUT2D eigenvalue weighted by Gasteiger charge is -2.26. The second-order valence-electron chi connectivity index (χ2n) is 12.2. The van der Waals surface area contributed by atoms with Crippen LogP contribution in [0, 0.1) is 11.3 Å². The molecule has 13 nitrogen and oxygen atoms in total. The van der Waals surface area contributed by atoms with Gasteiger partial charge < -0.3 is 34.8 Å². The van der Waals surface area contributed by atoms with Crippen molar-refractivity contribution < 1.29 is 24.2 Å². The summed E-state index contributed by atoms with van der Waals surface area (Å²) in [7, 11) is 1.63. The molecule has 3 aromatic carbocycles. The Morgan fingerprint density at radius 3 is 2.59 bits per heavy atom. The standard InChI is InChI=1S/C38H40N8O5/c1-50-31-12-8-27(9-13-31)25-46-35(14-15-45-16-18-51-19-17-45)43-44-37(46)34(21-29-23-40-33-5-3-2-4-32(29)33)42-36(48)24-41-38(49)28(22-39)20-26-6-10-30(47)11-7-26/h2-13,20,23,34,40,47H,14-19,21,24-25H2,1H3,(H,41,49)(H,42,48)/b28-20+/t34-/m1/s1. The number of hydrogen-bond donors (Lipinski definition) is 4. The van der Waals surface area contributed by atoms with Gasteiger partial charge in [-0.05, 0) is 53.1 Å². The Labute approximate surface area is 295 Å². The predicted molar refractivity (Wildman–Crippen MR) is 191 cm³/mol. The van der Waals surface area contributed by atoms with Crippen molar-refractivity contribution in [3.63, 3.8) is 0 Å². The number of H-pyrrole nitrogens is 1. The van der Waals surface area contributed by atoms with Crippen molar-refractivity contribution in [3.05, 3.63) is 113 Å². The molecule has 1 aliphatic rings. The Morgan fingerprint density at radius 1 is 1.08 bits per heavy atom. The van der Waals surface area contributed by atoms with Crippen molar-refractivity contribution in [2.45, 2.75) is 25.4 Å². The van der Waals surface area contributed by atoms with Gasteiger partial charge in [-0.25, -0.2) is 0 Å². The van der Waals surface area contributed by atoms with Crippen LogP contribution in [0.3, 0.4) is 0 Å². The third kappa shape index (κ3) is 8.99. The number of rotatable bonds is 14. The van der Waals surface area contributed by atoms with Crippen LogP contribution >= 0.6 is 0 Å². The van der Waals surface area contributed by atoms with E-state index in [1.54, 1.807) is 19.2 Å². The molecule has 51 heavy (non-hydrogen) atoms. The number of hydrogen-bond acceptors (Lipinski definition) is 9. The Balaban J connectivity index is 1.27. The number of para-hydroxylation sites is 1. The van der Waals surface area contributed by atoms with Crippen LogP contribution in [0.4, 0.5) is 0 Å². The number of nitrogens with one attached hydrogen (secondary N) is 3. The highest BCUT2D eigenvalue weighted by Crippen LogP contribution is 2.26. The van der Waals surface area contributed by atoms with E-state index in [0.717, 1.165) is 53.2 Å². The molecular formula is C38H40N8O5. The molecule has 6 rings (SSSR count). The summed E-state index contributed by atoms with van der Waals surface area (Å²) in [6.45, 7) is 3.98. The minimum absolute atomic E-state index is 0.0676. The molecule has 1 atom stereocenters. The summed E-state index contributed by atoms with van der Waals surface area (Å²) in [4.78, 5) is 32.1. The number of ether oxygens (including phenoxy) is 2. The molecule has 0 unspecified atom stereocenters. The van der Waals surface area contributed by atoms with Crippen LogP contribution in [0.2, 0.25) is 0 Å². The molecule has 0 saturated carbocycles. The van der Waals surface area contributed by atoms with Gasteiger partial charge in [0, 0.05) is 49.6 Å². The molecular weight excluding hydrogens is 648 g/mol. The average molecular weight is 689 g/mol. The fraction of sp³-hybridized carbons (Fsp3) is 0.289. The summed E-state index contributed by atoms with van der Waals surface area (Å²) in [5.74, 6) is 1.04. The highest BCUT2D eigenvalue weighted by molar-refractivity contribution is 6.03. The number of methoxy groups -OCH3 is 1. The van der Waals surface area contributed by atoms with Gasteiger partial charge in [-0.15, -0.1) is 10.2 Å². The van der Waals surface area contributed by atoms with Gasteiger partial charge in [-0.2, -0.15) is 5.26 Å². The lowest BCUT2D eigenvalue weighted by Crippen LogP contribution is -2.40. The van der Waals surface area contributed by atoms with Gasteiger partial charge in [0.2, 0.25) is 5.91 Å². The lowest BCUT2D eigenvalue weighted by atomic mass is 10.0. The van der Waals surface area contributed by atoms with Crippen molar-refractivity contribution in [1.29, 1.82) is 5.26 Å². The number of carbonyl (C=O) groups is 2. The lowest BCUT2D eigenvalue weighted by molar-refractivity contribution is -0.124. The minimum atomic E-state index is -0.693. The van der Waals surface area contributed by atoms with E-state index in [1.807, 2.05) is 60.8 Å². The second-order valence-corrected chi connectivity index (χ2v) is 12.2. The van der Waals surface area contributed by atoms with Gasteiger partial charge in [0.05, 0.1) is 39.5 Å². The monoisotopic (exact) mass is 688 g/mol. The van der Waals surface area contributed by atoms with Gasteiger partial charge in [0.25, 0.3) is 5.91 Å². The topological polar surface area (TPSA) is 170 Å². The molecule has 1 saturated heterocycles. The zero-order valence-electron chi connectivity index (χ0n) is 28.3. The molecule has 0 bridgehead atoms. The van der Waals surface area contributed by atoms with Crippen molar-refractivity contribution in [2.75, 3.05) is 46.5 Å². The molecule has 3 heterocycles. The van der Waals surface area contributed by atoms with E-state index in [1.165, 1.54) is 18.2 Å². The molecule has 2 amide bonds. The molecule has 4 N–H and O–H groups in total. The van der Waals surface area contributed by atoms with Gasteiger partial charge in [0.15, 0.2) is 5.82 Å². The Morgan fingerprint density at radius 2 is 1.84 bits per heavy atom. The van der Waals surface area contributed by atoms with Crippen LogP contribution in [0.5, 0.6) is 11.5 Å². The van der Waals surface area contributed by atoms with Crippen LogP contribution in [0.1, 0.15) is 34.4 Å². The number of nitriles is 1. The zero-order valence-corrected chi connectivity index (χ0v) is 28.3. The number of aromatic amines is 1. The Bertz CT molecular complexity index is 2020. The van der Waals surface area contributed by atoms with Gasteiger partial charge in [-0.3, -0.25) is 14.5 Å². The van der Waals surface area contributed by atoms with E-state index in [0.29, 0.717) is 44.0 Å². The number of benzene rings is 3. The average Bonchev–Trinajstić information content (AvgIpc) is 3.76. The first-order valence-electron chi connectivity index (χ1n) is 16.8. The van der Waals surface area contributed by atoms with E-state index in [4.69, 9.17) is 9.47 Å². The highest BCUT2D eigenvalue weighted by atomic mass is 16.5.